The fourth-order valence-corrected chi connectivity index (χ4v) is 1.64. The molecular formula is C11H12FN. The third-order valence-electron chi connectivity index (χ3n) is 2.84. The standard InChI is InChI=1S/C11H12FN/c1-7-11(2,3)8-5-4-6-9(12)10(8)13-7/h4-6H,1-3H3. The lowest BCUT2D eigenvalue weighted by Crippen LogP contribution is -2.22. The molecule has 0 spiro atoms. The van der Waals surface area contributed by atoms with Gasteiger partial charge in [0.25, 0.3) is 0 Å². The summed E-state index contributed by atoms with van der Waals surface area (Å²) in [5.41, 5.74) is 2.37. The molecular weight excluding hydrogens is 165 g/mol. The number of fused-ring (bicyclic) bond motifs is 1. The molecule has 0 N–H and O–H groups in total. The lowest BCUT2D eigenvalue weighted by atomic mass is 9.82. The number of rotatable bonds is 0. The Bertz CT molecular complexity index is 391. The molecule has 1 heterocycles. The van der Waals surface area contributed by atoms with Crippen molar-refractivity contribution in [3.63, 3.8) is 0 Å². The molecule has 0 radical (unpaired) electrons. The molecule has 0 aromatic heterocycles. The number of halogens is 1. The molecule has 0 saturated heterocycles. The molecule has 0 fully saturated rings. The van der Waals surface area contributed by atoms with Gasteiger partial charge in [0, 0.05) is 11.1 Å². The molecule has 0 amide bonds. The van der Waals surface area contributed by atoms with Crippen molar-refractivity contribution in [3.05, 3.63) is 29.6 Å². The van der Waals surface area contributed by atoms with Crippen molar-refractivity contribution in [3.8, 4) is 0 Å². The van der Waals surface area contributed by atoms with Crippen molar-refractivity contribution in [2.75, 3.05) is 0 Å². The molecule has 1 nitrogen and oxygen atoms in total. The van der Waals surface area contributed by atoms with Crippen LogP contribution in [-0.4, -0.2) is 5.71 Å². The van der Waals surface area contributed by atoms with Gasteiger partial charge in [0.05, 0.1) is 0 Å². The smallest absolute Gasteiger partial charge is 0.149 e. The van der Waals surface area contributed by atoms with E-state index in [1.807, 2.05) is 13.0 Å². The number of para-hydroxylation sites is 1. The maximum absolute atomic E-state index is 13.3. The number of nitrogens with zero attached hydrogens (tertiary/aromatic N) is 1. The van der Waals surface area contributed by atoms with Crippen molar-refractivity contribution >= 4 is 11.4 Å². The van der Waals surface area contributed by atoms with Gasteiger partial charge >= 0.3 is 0 Å². The van der Waals surface area contributed by atoms with E-state index in [0.29, 0.717) is 5.69 Å². The first-order valence-electron chi connectivity index (χ1n) is 4.38. The molecule has 1 aromatic rings. The van der Waals surface area contributed by atoms with E-state index in [0.717, 1.165) is 11.3 Å². The van der Waals surface area contributed by atoms with Crippen LogP contribution in [0.5, 0.6) is 0 Å². The normalized spacial score (nSPS) is 18.3. The Morgan fingerprint density at radius 1 is 1.31 bits per heavy atom. The molecule has 0 atom stereocenters. The average Bonchev–Trinajstić information content (AvgIpc) is 2.28. The zero-order chi connectivity index (χ0) is 9.64. The maximum Gasteiger partial charge on any atom is 0.149 e. The molecule has 0 bridgehead atoms. The van der Waals surface area contributed by atoms with Crippen LogP contribution in [0.3, 0.4) is 0 Å². The van der Waals surface area contributed by atoms with E-state index < -0.39 is 0 Å². The molecule has 1 aromatic carbocycles. The van der Waals surface area contributed by atoms with Crippen LogP contribution in [0, 0.1) is 5.82 Å². The SMILES string of the molecule is CC1=Nc2c(F)cccc2C1(C)C. The number of hydrogen-bond acceptors (Lipinski definition) is 1. The van der Waals surface area contributed by atoms with Crippen molar-refractivity contribution in [2.45, 2.75) is 26.2 Å². The van der Waals surface area contributed by atoms with E-state index in [2.05, 4.69) is 18.8 Å². The first-order chi connectivity index (χ1) is 6.03. The van der Waals surface area contributed by atoms with Crippen LogP contribution in [0.25, 0.3) is 0 Å². The molecule has 2 heteroatoms. The minimum Gasteiger partial charge on any atom is -0.254 e. The summed E-state index contributed by atoms with van der Waals surface area (Å²) in [4.78, 5) is 4.25. The third-order valence-corrected chi connectivity index (χ3v) is 2.84. The lowest BCUT2D eigenvalue weighted by molar-refractivity contribution is 0.625. The third kappa shape index (κ3) is 1.01. The topological polar surface area (TPSA) is 12.4 Å². The molecule has 1 aliphatic rings. The fraction of sp³-hybridized carbons (Fsp3) is 0.364. The summed E-state index contributed by atoms with van der Waals surface area (Å²) in [6.45, 7) is 6.08. The predicted octanol–water partition coefficient (Wildman–Crippen LogP) is 3.21. The molecule has 0 aliphatic carbocycles. The van der Waals surface area contributed by atoms with E-state index in [9.17, 15) is 4.39 Å². The molecule has 0 unspecified atom stereocenters. The van der Waals surface area contributed by atoms with Gasteiger partial charge in [-0.1, -0.05) is 26.0 Å². The first kappa shape index (κ1) is 8.42. The van der Waals surface area contributed by atoms with Gasteiger partial charge in [-0.25, -0.2) is 4.39 Å². The van der Waals surface area contributed by atoms with E-state index in [1.165, 1.54) is 6.07 Å². The van der Waals surface area contributed by atoms with E-state index in [1.54, 1.807) is 6.07 Å². The van der Waals surface area contributed by atoms with Crippen LogP contribution < -0.4 is 0 Å². The average molecular weight is 177 g/mol. The van der Waals surface area contributed by atoms with Gasteiger partial charge in [-0.3, -0.25) is 4.99 Å². The molecule has 0 saturated carbocycles. The Morgan fingerprint density at radius 3 is 2.62 bits per heavy atom. The quantitative estimate of drug-likeness (QED) is 0.577. The van der Waals surface area contributed by atoms with Gasteiger partial charge in [0.15, 0.2) is 0 Å². The molecule has 2 rings (SSSR count). The number of benzene rings is 1. The van der Waals surface area contributed by atoms with Crippen LogP contribution >= 0.6 is 0 Å². The number of hydrogen-bond donors (Lipinski definition) is 0. The highest BCUT2D eigenvalue weighted by atomic mass is 19.1. The lowest BCUT2D eigenvalue weighted by Gasteiger charge is -2.19. The summed E-state index contributed by atoms with van der Waals surface area (Å²) in [5.74, 6) is -0.220. The van der Waals surface area contributed by atoms with Gasteiger partial charge < -0.3 is 0 Å². The Kier molecular flexibility index (Phi) is 1.56. The zero-order valence-corrected chi connectivity index (χ0v) is 8.06. The largest absolute Gasteiger partial charge is 0.254 e. The second-order valence-electron chi connectivity index (χ2n) is 3.96. The molecule has 13 heavy (non-hydrogen) atoms. The minimum atomic E-state index is -0.220. The van der Waals surface area contributed by atoms with Gasteiger partial charge in [-0.05, 0) is 18.6 Å². The first-order valence-corrected chi connectivity index (χ1v) is 4.38. The second-order valence-corrected chi connectivity index (χ2v) is 3.96. The highest BCUT2D eigenvalue weighted by Crippen LogP contribution is 2.40. The summed E-state index contributed by atoms with van der Waals surface area (Å²) in [7, 11) is 0. The van der Waals surface area contributed by atoms with Crippen molar-refractivity contribution < 1.29 is 4.39 Å². The summed E-state index contributed by atoms with van der Waals surface area (Å²) >= 11 is 0. The Balaban J connectivity index is 2.71. The number of aliphatic imine (C=N–C) groups is 1. The monoisotopic (exact) mass is 177 g/mol. The van der Waals surface area contributed by atoms with Crippen molar-refractivity contribution in [1.82, 2.24) is 0 Å². The summed E-state index contributed by atoms with van der Waals surface area (Å²) in [6, 6.07) is 5.14. The highest BCUT2D eigenvalue weighted by molar-refractivity contribution is 5.99. The van der Waals surface area contributed by atoms with Crippen LogP contribution in [0.15, 0.2) is 23.2 Å². The highest BCUT2D eigenvalue weighted by Gasteiger charge is 2.33. The summed E-state index contributed by atoms with van der Waals surface area (Å²) in [6.07, 6.45) is 0. The molecule has 68 valence electrons. The minimum absolute atomic E-state index is 0.114. The predicted molar refractivity (Wildman–Crippen MR) is 52.2 cm³/mol. The van der Waals surface area contributed by atoms with Crippen LogP contribution in [-0.2, 0) is 5.41 Å². The van der Waals surface area contributed by atoms with Crippen LogP contribution in [0.2, 0.25) is 0 Å². The Morgan fingerprint density at radius 2 is 2.00 bits per heavy atom. The molecule has 1 aliphatic heterocycles. The van der Waals surface area contributed by atoms with Gasteiger partial charge in [-0.2, -0.15) is 0 Å². The second kappa shape index (κ2) is 2.41. The van der Waals surface area contributed by atoms with Crippen LogP contribution in [0.4, 0.5) is 10.1 Å². The van der Waals surface area contributed by atoms with E-state index in [4.69, 9.17) is 0 Å². The van der Waals surface area contributed by atoms with Crippen molar-refractivity contribution in [1.29, 1.82) is 0 Å². The van der Waals surface area contributed by atoms with E-state index >= 15 is 0 Å². The Labute approximate surface area is 77.3 Å². The van der Waals surface area contributed by atoms with Gasteiger partial charge in [0.2, 0.25) is 0 Å². The van der Waals surface area contributed by atoms with E-state index in [-0.39, 0.29) is 11.2 Å². The van der Waals surface area contributed by atoms with Crippen LogP contribution in [0.1, 0.15) is 26.3 Å². The maximum atomic E-state index is 13.3. The van der Waals surface area contributed by atoms with Crippen molar-refractivity contribution in [2.24, 2.45) is 4.99 Å². The fourth-order valence-electron chi connectivity index (χ4n) is 1.64. The van der Waals surface area contributed by atoms with Gasteiger partial charge in [0.1, 0.15) is 11.5 Å². The zero-order valence-electron chi connectivity index (χ0n) is 8.06. The van der Waals surface area contributed by atoms with Gasteiger partial charge in [-0.15, -0.1) is 0 Å². The summed E-state index contributed by atoms with van der Waals surface area (Å²) < 4.78 is 13.3. The summed E-state index contributed by atoms with van der Waals surface area (Å²) in [5, 5.41) is 0. The Hall–Kier alpha value is -1.18.